The lowest BCUT2D eigenvalue weighted by Gasteiger charge is -2.18. The molecule has 6 heteroatoms. The van der Waals surface area contributed by atoms with Crippen LogP contribution in [0.1, 0.15) is 303 Å². The maximum Gasteiger partial charge on any atom is 0.306 e. The van der Waals surface area contributed by atoms with Crippen molar-refractivity contribution in [2.45, 2.75) is 309 Å². The van der Waals surface area contributed by atoms with E-state index in [0.29, 0.717) is 19.3 Å². The summed E-state index contributed by atoms with van der Waals surface area (Å²) < 4.78 is 16.8. The molecule has 0 radical (unpaired) electrons. The molecule has 61 heavy (non-hydrogen) atoms. The number of rotatable bonds is 50. The van der Waals surface area contributed by atoms with E-state index in [4.69, 9.17) is 14.2 Å². The topological polar surface area (TPSA) is 78.9 Å². The van der Waals surface area contributed by atoms with E-state index >= 15 is 0 Å². The number of carbonyl (C=O) groups is 3. The summed E-state index contributed by atoms with van der Waals surface area (Å²) in [5, 5.41) is 0. The fourth-order valence-electron chi connectivity index (χ4n) is 8.14. The van der Waals surface area contributed by atoms with Gasteiger partial charge in [-0.05, 0) is 44.9 Å². The van der Waals surface area contributed by atoms with Crippen molar-refractivity contribution in [2.24, 2.45) is 0 Å². The van der Waals surface area contributed by atoms with Crippen molar-refractivity contribution >= 4 is 17.9 Å². The van der Waals surface area contributed by atoms with Crippen LogP contribution >= 0.6 is 0 Å². The third kappa shape index (κ3) is 49.0. The van der Waals surface area contributed by atoms with Crippen LogP contribution in [0.5, 0.6) is 0 Å². The van der Waals surface area contributed by atoms with Gasteiger partial charge in [0.15, 0.2) is 6.10 Å². The Labute approximate surface area is 380 Å². The second-order valence-corrected chi connectivity index (χ2v) is 18.5. The van der Waals surface area contributed by atoms with Gasteiger partial charge in [0.25, 0.3) is 0 Å². The first kappa shape index (κ1) is 59.1. The molecule has 0 aliphatic carbocycles. The van der Waals surface area contributed by atoms with Crippen LogP contribution in [0.2, 0.25) is 0 Å². The van der Waals surface area contributed by atoms with Crippen molar-refractivity contribution in [3.8, 4) is 0 Å². The van der Waals surface area contributed by atoms with Gasteiger partial charge in [-0.25, -0.2) is 0 Å². The molecule has 0 aliphatic heterocycles. The van der Waals surface area contributed by atoms with Gasteiger partial charge in [0, 0.05) is 19.3 Å². The number of hydrogen-bond acceptors (Lipinski definition) is 6. The standard InChI is InChI=1S/C55H104O6/c1-4-7-10-13-16-19-21-23-25-26-27-28-30-31-33-36-39-42-45-48-54(57)60-51-52(50-59-53(56)47-44-41-38-35-18-15-12-9-6-3)61-55(58)49-46-43-40-37-34-32-29-24-22-20-17-14-11-8-5-2/h26-27,52H,4-25,28-51H2,1-3H3/b27-26-. The molecule has 0 saturated heterocycles. The molecular formula is C55H104O6. The number of allylic oxidation sites excluding steroid dienone is 2. The van der Waals surface area contributed by atoms with Crippen LogP contribution in [-0.4, -0.2) is 37.2 Å². The third-order valence-corrected chi connectivity index (χ3v) is 12.3. The smallest absolute Gasteiger partial charge is 0.306 e. The molecule has 0 amide bonds. The van der Waals surface area contributed by atoms with Crippen LogP contribution in [-0.2, 0) is 28.6 Å². The number of carbonyl (C=O) groups excluding carboxylic acids is 3. The quantitative estimate of drug-likeness (QED) is 0.0262. The highest BCUT2D eigenvalue weighted by molar-refractivity contribution is 5.71. The molecule has 0 saturated carbocycles. The minimum absolute atomic E-state index is 0.0663. The molecule has 0 N–H and O–H groups in total. The van der Waals surface area contributed by atoms with Gasteiger partial charge in [-0.1, -0.05) is 251 Å². The highest BCUT2D eigenvalue weighted by Crippen LogP contribution is 2.16. The van der Waals surface area contributed by atoms with Crippen LogP contribution in [0.15, 0.2) is 12.2 Å². The summed E-state index contributed by atoms with van der Waals surface area (Å²) in [6, 6.07) is 0. The van der Waals surface area contributed by atoms with Gasteiger partial charge in [0.2, 0.25) is 0 Å². The van der Waals surface area contributed by atoms with E-state index in [9.17, 15) is 14.4 Å². The maximum absolute atomic E-state index is 12.8. The van der Waals surface area contributed by atoms with E-state index < -0.39 is 6.10 Å². The van der Waals surface area contributed by atoms with E-state index in [-0.39, 0.29) is 31.1 Å². The fraction of sp³-hybridized carbons (Fsp3) is 0.909. The molecule has 0 rings (SSSR count). The highest BCUT2D eigenvalue weighted by Gasteiger charge is 2.19. The zero-order chi connectivity index (χ0) is 44.4. The Balaban J connectivity index is 4.24. The normalized spacial score (nSPS) is 12.0. The van der Waals surface area contributed by atoms with Crippen molar-refractivity contribution in [1.29, 1.82) is 0 Å². The average molecular weight is 861 g/mol. The Morgan fingerprint density at radius 1 is 0.311 bits per heavy atom. The Morgan fingerprint density at radius 2 is 0.541 bits per heavy atom. The van der Waals surface area contributed by atoms with Gasteiger partial charge in [0.05, 0.1) is 0 Å². The molecule has 1 unspecified atom stereocenters. The number of esters is 3. The van der Waals surface area contributed by atoms with Gasteiger partial charge < -0.3 is 14.2 Å². The lowest BCUT2D eigenvalue weighted by atomic mass is 10.0. The summed E-state index contributed by atoms with van der Waals surface area (Å²) in [6.45, 7) is 6.66. The molecular weight excluding hydrogens is 757 g/mol. The Hall–Kier alpha value is -1.85. The van der Waals surface area contributed by atoms with E-state index in [2.05, 4.69) is 32.9 Å². The Bertz CT molecular complexity index is 947. The first-order valence-electron chi connectivity index (χ1n) is 27.2. The van der Waals surface area contributed by atoms with Gasteiger partial charge in [-0.3, -0.25) is 14.4 Å². The summed E-state index contributed by atoms with van der Waals surface area (Å²) in [6.07, 6.45) is 56.3. The zero-order valence-corrected chi connectivity index (χ0v) is 41.2. The minimum atomic E-state index is -0.764. The molecule has 0 aromatic rings. The average Bonchev–Trinajstić information content (AvgIpc) is 3.26. The van der Waals surface area contributed by atoms with Crippen LogP contribution in [0.4, 0.5) is 0 Å². The largest absolute Gasteiger partial charge is 0.462 e. The Kier molecular flexibility index (Phi) is 49.3. The summed E-state index contributed by atoms with van der Waals surface area (Å²) >= 11 is 0. The van der Waals surface area contributed by atoms with Crippen molar-refractivity contribution in [3.63, 3.8) is 0 Å². The predicted molar refractivity (Wildman–Crippen MR) is 261 cm³/mol. The van der Waals surface area contributed by atoms with Gasteiger partial charge in [-0.2, -0.15) is 0 Å². The fourth-order valence-corrected chi connectivity index (χ4v) is 8.14. The SMILES string of the molecule is CCCCCCCCCC/C=C\CCCCCCCCCC(=O)OCC(COC(=O)CCCCCCCCCCC)OC(=O)CCCCCCCCCCCCCCCCC. The summed E-state index contributed by atoms with van der Waals surface area (Å²) in [4.78, 5) is 37.9. The van der Waals surface area contributed by atoms with E-state index in [0.717, 1.165) is 57.8 Å². The van der Waals surface area contributed by atoms with Crippen LogP contribution < -0.4 is 0 Å². The van der Waals surface area contributed by atoms with E-state index in [1.54, 1.807) is 0 Å². The number of ether oxygens (including phenoxy) is 3. The van der Waals surface area contributed by atoms with Crippen molar-refractivity contribution in [2.75, 3.05) is 13.2 Å². The van der Waals surface area contributed by atoms with Gasteiger partial charge in [-0.15, -0.1) is 0 Å². The molecule has 0 spiro atoms. The van der Waals surface area contributed by atoms with E-state index in [1.807, 2.05) is 0 Å². The number of unbranched alkanes of at least 4 members (excludes halogenated alkanes) is 37. The molecule has 360 valence electrons. The lowest BCUT2D eigenvalue weighted by molar-refractivity contribution is -0.167. The van der Waals surface area contributed by atoms with Gasteiger partial charge >= 0.3 is 17.9 Å². The molecule has 0 aliphatic rings. The summed E-state index contributed by atoms with van der Waals surface area (Å²) in [7, 11) is 0. The first-order valence-corrected chi connectivity index (χ1v) is 27.2. The third-order valence-electron chi connectivity index (χ3n) is 12.3. The molecule has 0 fully saturated rings. The predicted octanol–water partition coefficient (Wildman–Crippen LogP) is 17.8. The van der Waals surface area contributed by atoms with E-state index in [1.165, 1.54) is 205 Å². The van der Waals surface area contributed by atoms with Crippen molar-refractivity contribution in [3.05, 3.63) is 12.2 Å². The molecule has 0 bridgehead atoms. The van der Waals surface area contributed by atoms with Crippen molar-refractivity contribution in [1.82, 2.24) is 0 Å². The second-order valence-electron chi connectivity index (χ2n) is 18.5. The molecule has 1 atom stereocenters. The monoisotopic (exact) mass is 861 g/mol. The molecule has 0 heterocycles. The highest BCUT2D eigenvalue weighted by atomic mass is 16.6. The summed E-state index contributed by atoms with van der Waals surface area (Å²) in [5.41, 5.74) is 0. The number of hydrogen-bond donors (Lipinski definition) is 0. The zero-order valence-electron chi connectivity index (χ0n) is 41.2. The molecule has 0 aromatic heterocycles. The van der Waals surface area contributed by atoms with Crippen LogP contribution in [0.25, 0.3) is 0 Å². The van der Waals surface area contributed by atoms with Gasteiger partial charge in [0.1, 0.15) is 13.2 Å². The van der Waals surface area contributed by atoms with Crippen LogP contribution in [0, 0.1) is 0 Å². The van der Waals surface area contributed by atoms with Crippen molar-refractivity contribution < 1.29 is 28.6 Å². The Morgan fingerprint density at radius 3 is 0.820 bits per heavy atom. The van der Waals surface area contributed by atoms with Crippen LogP contribution in [0.3, 0.4) is 0 Å². The lowest BCUT2D eigenvalue weighted by Crippen LogP contribution is -2.30. The maximum atomic E-state index is 12.8. The minimum Gasteiger partial charge on any atom is -0.462 e. The summed E-state index contributed by atoms with van der Waals surface area (Å²) in [5.74, 6) is -0.855. The second kappa shape index (κ2) is 50.8. The molecule has 6 nitrogen and oxygen atoms in total. The molecule has 0 aromatic carbocycles. The first-order chi connectivity index (χ1) is 30.0.